The molecule has 2 aromatic rings. The molecule has 1 N–H and O–H groups in total. The quantitative estimate of drug-likeness (QED) is 0.410. The van der Waals surface area contributed by atoms with Crippen LogP contribution in [0, 0.1) is 0 Å². The van der Waals surface area contributed by atoms with E-state index in [9.17, 15) is 9.59 Å². The molecule has 0 spiro atoms. The summed E-state index contributed by atoms with van der Waals surface area (Å²) in [4.78, 5) is 20.5. The minimum absolute atomic E-state index is 0. The molecule has 0 amide bonds. The van der Waals surface area contributed by atoms with Crippen molar-refractivity contribution in [3.05, 3.63) is 65.7 Å². The summed E-state index contributed by atoms with van der Waals surface area (Å²) in [7, 11) is 0. The van der Waals surface area contributed by atoms with Crippen molar-refractivity contribution in [2.75, 3.05) is 0 Å². The molecule has 2 rings (SSSR count). The molecule has 3 nitrogen and oxygen atoms in total. The number of hydrogen-bond donors (Lipinski definition) is 1. The van der Waals surface area contributed by atoms with Crippen LogP contribution < -0.4 is 0 Å². The maximum atomic E-state index is 10.5. The zero-order chi connectivity index (χ0) is 13.4. The van der Waals surface area contributed by atoms with Crippen molar-refractivity contribution >= 4 is 17.8 Å². The van der Waals surface area contributed by atoms with Gasteiger partial charge >= 0.3 is 17.1 Å². The smallest absolute Gasteiger partial charge is 0.485 e. The van der Waals surface area contributed by atoms with Gasteiger partial charge in [-0.15, -0.1) is 23.8 Å². The molecule has 0 aromatic heterocycles. The Labute approximate surface area is 122 Å². The molecule has 0 heterocycles. The van der Waals surface area contributed by atoms with Gasteiger partial charge in [-0.05, 0) is 13.0 Å². The van der Waals surface area contributed by atoms with Crippen LogP contribution in [-0.2, 0) is 21.9 Å². The van der Waals surface area contributed by atoms with Gasteiger partial charge in [0.25, 0.3) is 5.97 Å². The Morgan fingerprint density at radius 1 is 1.00 bits per heavy atom. The molecule has 0 saturated carbocycles. The number of carboxylic acids is 1. The second-order valence-corrected chi connectivity index (χ2v) is 3.62. The fourth-order valence-electron chi connectivity index (χ4n) is 1.28. The van der Waals surface area contributed by atoms with Crippen molar-refractivity contribution in [2.45, 2.75) is 6.92 Å². The molecule has 0 radical (unpaired) electrons. The summed E-state index contributed by atoms with van der Waals surface area (Å²) in [5.74, 6) is -0.781. The summed E-state index contributed by atoms with van der Waals surface area (Å²) in [5, 5.41) is 8.23. The van der Waals surface area contributed by atoms with Crippen molar-refractivity contribution in [3.8, 4) is 0 Å². The normalized spacial score (nSPS) is 9.32. The molecule has 0 saturated heterocycles. The fraction of sp³-hybridized carbons (Fsp3) is 0.0667. The van der Waals surface area contributed by atoms with E-state index in [2.05, 4.69) is 0 Å². The van der Waals surface area contributed by atoms with Crippen LogP contribution in [0.3, 0.4) is 0 Å². The van der Waals surface area contributed by atoms with Crippen molar-refractivity contribution < 1.29 is 31.8 Å². The molecule has 100 valence electrons. The van der Waals surface area contributed by atoms with Crippen LogP contribution >= 0.6 is 0 Å². The number of carbonyl (C=O) groups excluding carboxylic acids is 1. The van der Waals surface area contributed by atoms with Gasteiger partial charge in [-0.25, -0.2) is 12.1 Å². The molecule has 0 fully saturated rings. The van der Waals surface area contributed by atoms with Gasteiger partial charge in [0.2, 0.25) is 0 Å². The van der Waals surface area contributed by atoms with Crippen LogP contribution in [0.25, 0.3) is 6.08 Å². The van der Waals surface area contributed by atoms with E-state index in [1.165, 1.54) is 0 Å². The monoisotopic (exact) mass is 298 g/mol. The van der Waals surface area contributed by atoms with E-state index in [0.717, 1.165) is 17.2 Å². The Hall–Kier alpha value is -1.90. The van der Waals surface area contributed by atoms with Gasteiger partial charge in [0.05, 0.1) is 0 Å². The van der Waals surface area contributed by atoms with Gasteiger partial charge in [0.1, 0.15) is 5.78 Å². The Bertz CT molecular complexity index is 508. The average molecular weight is 298 g/mol. The maximum Gasteiger partial charge on any atom is 2.00 e. The zero-order valence-electron chi connectivity index (χ0n) is 10.4. The first-order valence-corrected chi connectivity index (χ1v) is 5.45. The van der Waals surface area contributed by atoms with E-state index in [4.69, 9.17) is 5.11 Å². The third-order valence-corrected chi connectivity index (χ3v) is 2.18. The Morgan fingerprint density at radius 3 is 1.84 bits per heavy atom. The van der Waals surface area contributed by atoms with E-state index in [0.29, 0.717) is 0 Å². The molecule has 0 aliphatic carbocycles. The van der Waals surface area contributed by atoms with Gasteiger partial charge < -0.3 is 9.90 Å². The Kier molecular flexibility index (Phi) is 8.18. The van der Waals surface area contributed by atoms with Gasteiger partial charge in [-0.3, -0.25) is 4.79 Å². The van der Waals surface area contributed by atoms with Gasteiger partial charge in [-0.1, -0.05) is 5.56 Å². The molecule has 4 heteroatoms. The van der Waals surface area contributed by atoms with Crippen LogP contribution in [0.1, 0.15) is 22.8 Å². The first-order chi connectivity index (χ1) is 8.59. The number of Topliss-reactive ketones (excluding diaryl/α,β-unsaturated/α-hetero) is 1. The summed E-state index contributed by atoms with van der Waals surface area (Å²) >= 11 is 0. The van der Waals surface area contributed by atoms with E-state index in [-0.39, 0.29) is 22.9 Å². The molecular formula is C15H14FeO3. The third-order valence-electron chi connectivity index (χ3n) is 2.18. The summed E-state index contributed by atoms with van der Waals surface area (Å²) in [5.41, 5.74) is 1.72. The fourth-order valence-corrected chi connectivity index (χ4v) is 1.28. The summed E-state index contributed by atoms with van der Waals surface area (Å²) in [6, 6.07) is 14.8. The molecule has 0 aliphatic heterocycles. The van der Waals surface area contributed by atoms with Gasteiger partial charge in [-0.2, -0.15) is 24.3 Å². The van der Waals surface area contributed by atoms with Crippen LogP contribution in [0.2, 0.25) is 0 Å². The standard InChI is InChI=1S/C8H7O2.C7H7O.Fe/c9-8(10)6-5-7-3-1-2-4-7;1-6(8)7-4-2-3-5-7;/h1-6H,(H,9,10);2-5H,1H3;/q2*-1;+2. The van der Waals surface area contributed by atoms with Crippen LogP contribution in [-0.4, -0.2) is 16.9 Å². The molecule has 0 atom stereocenters. The summed E-state index contributed by atoms with van der Waals surface area (Å²) in [6.07, 6.45) is 2.68. The number of rotatable bonds is 3. The Morgan fingerprint density at radius 2 is 1.47 bits per heavy atom. The van der Waals surface area contributed by atoms with Crippen LogP contribution in [0.5, 0.6) is 0 Å². The minimum Gasteiger partial charge on any atom is -0.485 e. The second kappa shape index (κ2) is 9.09. The first-order valence-electron chi connectivity index (χ1n) is 5.45. The number of carboxylic acid groups (broad SMARTS) is 1. The topological polar surface area (TPSA) is 54.4 Å². The molecule has 19 heavy (non-hydrogen) atoms. The average Bonchev–Trinajstić information content (AvgIpc) is 3.00. The number of aliphatic carboxylic acids is 1. The summed E-state index contributed by atoms with van der Waals surface area (Å²) < 4.78 is 0. The van der Waals surface area contributed by atoms with E-state index >= 15 is 0 Å². The molecular weight excluding hydrogens is 284 g/mol. The van der Waals surface area contributed by atoms with E-state index < -0.39 is 5.97 Å². The molecule has 0 unspecified atom stereocenters. The SMILES string of the molecule is CC(=O)[c-]1cccc1.O=C(O)C=C[c-]1cccc1.[Fe+2]. The Balaban J connectivity index is 0.000000331. The molecule has 2 aromatic carbocycles. The van der Waals surface area contributed by atoms with E-state index in [1.54, 1.807) is 13.0 Å². The largest absolute Gasteiger partial charge is 2.00 e. The maximum absolute atomic E-state index is 10.5. The second-order valence-electron chi connectivity index (χ2n) is 3.62. The van der Waals surface area contributed by atoms with Gasteiger partial charge in [0.15, 0.2) is 0 Å². The van der Waals surface area contributed by atoms with Crippen molar-refractivity contribution in [3.63, 3.8) is 0 Å². The van der Waals surface area contributed by atoms with Crippen molar-refractivity contribution in [2.24, 2.45) is 0 Å². The van der Waals surface area contributed by atoms with Crippen LogP contribution in [0.4, 0.5) is 0 Å². The van der Waals surface area contributed by atoms with Crippen LogP contribution in [0.15, 0.2) is 54.6 Å². The zero-order valence-corrected chi connectivity index (χ0v) is 11.5. The van der Waals surface area contributed by atoms with Crippen molar-refractivity contribution in [1.82, 2.24) is 0 Å². The summed E-state index contributed by atoms with van der Waals surface area (Å²) in [6.45, 7) is 1.56. The third kappa shape index (κ3) is 7.19. The first kappa shape index (κ1) is 17.1. The number of ketones is 1. The predicted molar refractivity (Wildman–Crippen MR) is 70.7 cm³/mol. The van der Waals surface area contributed by atoms with Gasteiger partial charge in [0, 0.05) is 0 Å². The van der Waals surface area contributed by atoms with Crippen molar-refractivity contribution in [1.29, 1.82) is 0 Å². The number of hydrogen-bond acceptors (Lipinski definition) is 2. The molecule has 0 aliphatic rings. The predicted octanol–water partition coefficient (Wildman–Crippen LogP) is 3.11. The van der Waals surface area contributed by atoms with E-state index in [1.807, 2.05) is 48.5 Å². The molecule has 0 bridgehead atoms. The minimum atomic E-state index is -0.916. The number of carbonyl (C=O) groups is 2.